The molecule has 2 aromatic rings. The third-order valence-electron chi connectivity index (χ3n) is 2.55. The van der Waals surface area contributed by atoms with Gasteiger partial charge in [0.15, 0.2) is 0 Å². The Balaban J connectivity index is 2.13. The molecule has 0 amide bonds. The first-order valence-corrected chi connectivity index (χ1v) is 5.91. The Bertz CT molecular complexity index is 551. The van der Waals surface area contributed by atoms with Gasteiger partial charge < -0.3 is 10.4 Å². The maximum atomic E-state index is 13.1. The molecule has 94 valence electrons. The summed E-state index contributed by atoms with van der Waals surface area (Å²) in [7, 11) is 0. The lowest BCUT2D eigenvalue weighted by atomic mass is 10.2. The number of phenols is 1. The predicted octanol–water partition coefficient (Wildman–Crippen LogP) is 4.11. The SMILES string of the molecule is Cc1ccc(Cl)c(NCc2cc(O)cc(F)c2)c1. The van der Waals surface area contributed by atoms with Crippen molar-refractivity contribution in [1.29, 1.82) is 0 Å². The molecular weight excluding hydrogens is 253 g/mol. The zero-order valence-corrected chi connectivity index (χ0v) is 10.6. The molecule has 0 atom stereocenters. The van der Waals surface area contributed by atoms with Gasteiger partial charge in [0.1, 0.15) is 11.6 Å². The maximum Gasteiger partial charge on any atom is 0.127 e. The summed E-state index contributed by atoms with van der Waals surface area (Å²) in [5.41, 5.74) is 2.54. The van der Waals surface area contributed by atoms with Crippen LogP contribution >= 0.6 is 11.6 Å². The molecule has 0 fully saturated rings. The second-order valence-electron chi connectivity index (χ2n) is 4.15. The molecule has 18 heavy (non-hydrogen) atoms. The average Bonchev–Trinajstić information content (AvgIpc) is 2.29. The van der Waals surface area contributed by atoms with E-state index in [1.165, 1.54) is 12.1 Å². The highest BCUT2D eigenvalue weighted by Gasteiger charge is 2.03. The number of benzene rings is 2. The molecular formula is C14H13ClFNO. The van der Waals surface area contributed by atoms with Gasteiger partial charge in [-0.15, -0.1) is 0 Å². The molecule has 0 radical (unpaired) electrons. The maximum absolute atomic E-state index is 13.1. The van der Waals surface area contributed by atoms with Gasteiger partial charge in [-0.2, -0.15) is 0 Å². The topological polar surface area (TPSA) is 32.3 Å². The van der Waals surface area contributed by atoms with E-state index in [1.807, 2.05) is 25.1 Å². The van der Waals surface area contributed by atoms with Crippen molar-refractivity contribution in [3.63, 3.8) is 0 Å². The number of hydrogen-bond donors (Lipinski definition) is 2. The summed E-state index contributed by atoms with van der Waals surface area (Å²) in [6.07, 6.45) is 0. The van der Waals surface area contributed by atoms with Gasteiger partial charge in [0.05, 0.1) is 10.7 Å². The van der Waals surface area contributed by atoms with Crippen molar-refractivity contribution in [2.75, 3.05) is 5.32 Å². The Morgan fingerprint density at radius 3 is 2.72 bits per heavy atom. The van der Waals surface area contributed by atoms with Crippen molar-refractivity contribution >= 4 is 17.3 Å². The van der Waals surface area contributed by atoms with Gasteiger partial charge in [-0.1, -0.05) is 17.7 Å². The van der Waals surface area contributed by atoms with Crippen LogP contribution in [0.4, 0.5) is 10.1 Å². The minimum atomic E-state index is -0.456. The largest absolute Gasteiger partial charge is 0.508 e. The second kappa shape index (κ2) is 5.27. The first-order valence-electron chi connectivity index (χ1n) is 5.53. The summed E-state index contributed by atoms with van der Waals surface area (Å²) in [4.78, 5) is 0. The summed E-state index contributed by atoms with van der Waals surface area (Å²) in [6, 6.07) is 9.60. The molecule has 0 aliphatic carbocycles. The van der Waals surface area contributed by atoms with E-state index in [2.05, 4.69) is 5.32 Å². The van der Waals surface area contributed by atoms with Crippen molar-refractivity contribution in [2.24, 2.45) is 0 Å². The third-order valence-corrected chi connectivity index (χ3v) is 2.88. The Morgan fingerprint density at radius 2 is 2.00 bits per heavy atom. The fourth-order valence-electron chi connectivity index (χ4n) is 1.71. The van der Waals surface area contributed by atoms with Crippen molar-refractivity contribution in [3.8, 4) is 5.75 Å². The van der Waals surface area contributed by atoms with Crippen molar-refractivity contribution in [1.82, 2.24) is 0 Å². The zero-order valence-electron chi connectivity index (χ0n) is 9.87. The van der Waals surface area contributed by atoms with E-state index in [-0.39, 0.29) is 5.75 Å². The predicted molar refractivity (Wildman–Crippen MR) is 71.6 cm³/mol. The lowest BCUT2D eigenvalue weighted by Crippen LogP contribution is -2.00. The number of halogens is 2. The van der Waals surface area contributed by atoms with E-state index >= 15 is 0 Å². The van der Waals surface area contributed by atoms with Crippen LogP contribution in [-0.2, 0) is 6.54 Å². The minimum absolute atomic E-state index is 0.0814. The normalized spacial score (nSPS) is 10.4. The molecule has 0 saturated heterocycles. The summed E-state index contributed by atoms with van der Waals surface area (Å²) in [5.74, 6) is -0.538. The number of anilines is 1. The van der Waals surface area contributed by atoms with Crippen LogP contribution in [0.3, 0.4) is 0 Å². The third kappa shape index (κ3) is 3.14. The van der Waals surface area contributed by atoms with E-state index in [0.29, 0.717) is 17.1 Å². The molecule has 0 bridgehead atoms. The van der Waals surface area contributed by atoms with E-state index in [4.69, 9.17) is 11.6 Å². The zero-order chi connectivity index (χ0) is 13.1. The second-order valence-corrected chi connectivity index (χ2v) is 4.56. The molecule has 0 heterocycles. The number of rotatable bonds is 3. The van der Waals surface area contributed by atoms with Crippen LogP contribution < -0.4 is 5.32 Å². The van der Waals surface area contributed by atoms with Gasteiger partial charge in [-0.25, -0.2) is 4.39 Å². The number of hydrogen-bond acceptors (Lipinski definition) is 2. The van der Waals surface area contributed by atoms with Crippen LogP contribution in [0.25, 0.3) is 0 Å². The van der Waals surface area contributed by atoms with Gasteiger partial charge in [0.25, 0.3) is 0 Å². The molecule has 0 aliphatic heterocycles. The van der Waals surface area contributed by atoms with Crippen LogP contribution in [0.1, 0.15) is 11.1 Å². The Morgan fingerprint density at radius 1 is 1.22 bits per heavy atom. The number of aromatic hydroxyl groups is 1. The van der Waals surface area contributed by atoms with Gasteiger partial charge in [-0.05, 0) is 42.3 Å². The standard InChI is InChI=1S/C14H13ClFNO/c1-9-2-3-13(15)14(4-9)17-8-10-5-11(16)7-12(18)6-10/h2-7,17-18H,8H2,1H3. The highest BCUT2D eigenvalue weighted by atomic mass is 35.5. The Hall–Kier alpha value is -1.74. The van der Waals surface area contributed by atoms with Gasteiger partial charge in [-0.3, -0.25) is 0 Å². The smallest absolute Gasteiger partial charge is 0.127 e. The Kier molecular flexibility index (Phi) is 3.72. The molecule has 2 N–H and O–H groups in total. The van der Waals surface area contributed by atoms with E-state index < -0.39 is 5.82 Å². The summed E-state index contributed by atoms with van der Waals surface area (Å²) in [6.45, 7) is 2.37. The highest BCUT2D eigenvalue weighted by molar-refractivity contribution is 6.33. The van der Waals surface area contributed by atoms with Crippen LogP contribution in [0.2, 0.25) is 5.02 Å². The first kappa shape index (κ1) is 12.7. The van der Waals surface area contributed by atoms with Gasteiger partial charge in [0, 0.05) is 12.6 Å². The number of aryl methyl sites for hydroxylation is 1. The molecule has 0 spiro atoms. The van der Waals surface area contributed by atoms with Crippen LogP contribution in [0.15, 0.2) is 36.4 Å². The Labute approximate surface area is 110 Å². The number of nitrogens with one attached hydrogen (secondary N) is 1. The first-order chi connectivity index (χ1) is 8.54. The fourth-order valence-corrected chi connectivity index (χ4v) is 1.89. The van der Waals surface area contributed by atoms with E-state index in [0.717, 1.165) is 17.3 Å². The van der Waals surface area contributed by atoms with Gasteiger partial charge in [0.2, 0.25) is 0 Å². The molecule has 2 aromatic carbocycles. The van der Waals surface area contributed by atoms with Crippen molar-refractivity contribution < 1.29 is 9.50 Å². The summed E-state index contributed by atoms with van der Waals surface area (Å²) >= 11 is 6.04. The molecule has 2 nitrogen and oxygen atoms in total. The van der Waals surface area contributed by atoms with Crippen LogP contribution in [0.5, 0.6) is 5.75 Å². The van der Waals surface area contributed by atoms with Gasteiger partial charge >= 0.3 is 0 Å². The summed E-state index contributed by atoms with van der Waals surface area (Å²) in [5, 5.41) is 13.0. The quantitative estimate of drug-likeness (QED) is 0.875. The lowest BCUT2D eigenvalue weighted by molar-refractivity contribution is 0.468. The molecule has 2 rings (SSSR count). The van der Waals surface area contributed by atoms with Crippen molar-refractivity contribution in [3.05, 3.63) is 58.4 Å². The van der Waals surface area contributed by atoms with E-state index in [1.54, 1.807) is 0 Å². The fraction of sp³-hybridized carbons (Fsp3) is 0.143. The molecule has 0 saturated carbocycles. The molecule has 0 unspecified atom stereocenters. The summed E-state index contributed by atoms with van der Waals surface area (Å²) < 4.78 is 13.1. The lowest BCUT2D eigenvalue weighted by Gasteiger charge is -2.09. The molecule has 0 aliphatic rings. The average molecular weight is 266 g/mol. The van der Waals surface area contributed by atoms with E-state index in [9.17, 15) is 9.50 Å². The highest BCUT2D eigenvalue weighted by Crippen LogP contribution is 2.24. The van der Waals surface area contributed by atoms with Crippen LogP contribution in [0, 0.1) is 12.7 Å². The molecule has 0 aromatic heterocycles. The van der Waals surface area contributed by atoms with Crippen molar-refractivity contribution in [2.45, 2.75) is 13.5 Å². The monoisotopic (exact) mass is 265 g/mol. The molecule has 4 heteroatoms. The number of phenolic OH excluding ortho intramolecular Hbond substituents is 1. The minimum Gasteiger partial charge on any atom is -0.508 e. The van der Waals surface area contributed by atoms with Crippen LogP contribution in [-0.4, -0.2) is 5.11 Å².